The number of aromatic nitrogens is 2. The van der Waals surface area contributed by atoms with Gasteiger partial charge in [-0.05, 0) is 19.9 Å². The minimum Gasteiger partial charge on any atom is -0.148 e. The van der Waals surface area contributed by atoms with E-state index in [1.165, 1.54) is 9.75 Å². The van der Waals surface area contributed by atoms with Gasteiger partial charge in [0, 0.05) is 26.1 Å². The van der Waals surface area contributed by atoms with E-state index < -0.39 is 0 Å². The molecule has 0 spiro atoms. The van der Waals surface area contributed by atoms with Crippen molar-refractivity contribution >= 4 is 33.7 Å². The summed E-state index contributed by atoms with van der Waals surface area (Å²) in [4.78, 5) is 2.54. The third kappa shape index (κ3) is 1.80. The van der Waals surface area contributed by atoms with E-state index in [9.17, 15) is 0 Å². The number of hydrogen-bond donors (Lipinski definition) is 0. The highest BCUT2D eigenvalue weighted by atomic mass is 35.5. The van der Waals surface area contributed by atoms with Crippen LogP contribution in [-0.2, 0) is 0 Å². The fourth-order valence-corrected chi connectivity index (χ4v) is 3.26. The highest BCUT2D eigenvalue weighted by Gasteiger charge is 2.13. The minimum atomic E-state index is 0.457. The van der Waals surface area contributed by atoms with E-state index >= 15 is 0 Å². The molecule has 0 aliphatic heterocycles. The molecular formula is C14H11ClN2S. The monoisotopic (exact) mass is 274 g/mol. The van der Waals surface area contributed by atoms with Crippen molar-refractivity contribution in [3.63, 3.8) is 0 Å². The van der Waals surface area contributed by atoms with Crippen LogP contribution in [0.5, 0.6) is 0 Å². The molecule has 2 aromatic heterocycles. The first-order valence-electron chi connectivity index (χ1n) is 5.65. The highest BCUT2D eigenvalue weighted by Crippen LogP contribution is 2.34. The molecule has 0 fully saturated rings. The lowest BCUT2D eigenvalue weighted by molar-refractivity contribution is 1.06. The third-order valence-electron chi connectivity index (χ3n) is 2.94. The van der Waals surface area contributed by atoms with Gasteiger partial charge in [0.15, 0.2) is 5.15 Å². The molecule has 0 radical (unpaired) electrons. The Bertz CT molecular complexity index is 734. The van der Waals surface area contributed by atoms with Crippen molar-refractivity contribution in [2.75, 3.05) is 0 Å². The van der Waals surface area contributed by atoms with Crippen molar-refractivity contribution in [3.05, 3.63) is 45.2 Å². The summed E-state index contributed by atoms with van der Waals surface area (Å²) in [6.45, 7) is 4.21. The Kier molecular flexibility index (Phi) is 2.80. The standard InChI is InChI=1S/C14H11ClN2S/c1-8-7-12(9(2)18-8)13-10-5-3-4-6-11(10)14(15)17-16-13/h3-7H,1-2H3. The maximum atomic E-state index is 6.09. The number of benzene rings is 1. The predicted octanol–water partition coefficient (Wildman–Crippen LogP) is 4.63. The van der Waals surface area contributed by atoms with Crippen molar-refractivity contribution in [1.82, 2.24) is 10.2 Å². The summed E-state index contributed by atoms with van der Waals surface area (Å²) in [5, 5.41) is 10.8. The molecule has 90 valence electrons. The zero-order chi connectivity index (χ0) is 12.7. The first-order valence-corrected chi connectivity index (χ1v) is 6.84. The average Bonchev–Trinajstić information content (AvgIpc) is 2.69. The number of rotatable bonds is 1. The van der Waals surface area contributed by atoms with Crippen molar-refractivity contribution in [2.24, 2.45) is 0 Å². The van der Waals surface area contributed by atoms with Gasteiger partial charge in [-0.2, -0.15) is 0 Å². The average molecular weight is 275 g/mol. The van der Waals surface area contributed by atoms with Crippen LogP contribution in [0.4, 0.5) is 0 Å². The normalized spacial score (nSPS) is 11.1. The van der Waals surface area contributed by atoms with Crippen LogP contribution in [0, 0.1) is 13.8 Å². The molecule has 0 bridgehead atoms. The number of hydrogen-bond acceptors (Lipinski definition) is 3. The second kappa shape index (κ2) is 4.34. The zero-order valence-electron chi connectivity index (χ0n) is 10.1. The SMILES string of the molecule is Cc1cc(-c2nnc(Cl)c3ccccc23)c(C)s1. The summed E-state index contributed by atoms with van der Waals surface area (Å²) >= 11 is 7.87. The van der Waals surface area contributed by atoms with E-state index in [0.717, 1.165) is 22.0 Å². The molecule has 0 saturated heterocycles. The maximum Gasteiger partial charge on any atom is 0.159 e. The number of halogens is 1. The molecule has 1 aromatic carbocycles. The Morgan fingerprint density at radius 1 is 1.06 bits per heavy atom. The van der Waals surface area contributed by atoms with Crippen LogP contribution in [0.1, 0.15) is 9.75 Å². The third-order valence-corrected chi connectivity index (χ3v) is 4.18. The van der Waals surface area contributed by atoms with E-state index in [1.54, 1.807) is 11.3 Å². The summed E-state index contributed by atoms with van der Waals surface area (Å²) in [6, 6.07) is 10.1. The van der Waals surface area contributed by atoms with E-state index in [2.05, 4.69) is 30.1 Å². The van der Waals surface area contributed by atoms with Gasteiger partial charge in [-0.3, -0.25) is 0 Å². The van der Waals surface area contributed by atoms with Gasteiger partial charge >= 0.3 is 0 Å². The topological polar surface area (TPSA) is 25.8 Å². The van der Waals surface area contributed by atoms with Gasteiger partial charge in [-0.15, -0.1) is 21.5 Å². The van der Waals surface area contributed by atoms with Crippen LogP contribution < -0.4 is 0 Å². The Morgan fingerprint density at radius 2 is 1.78 bits per heavy atom. The molecule has 0 unspecified atom stereocenters. The number of fused-ring (bicyclic) bond motifs is 1. The summed E-state index contributed by atoms with van der Waals surface area (Å²) in [7, 11) is 0. The van der Waals surface area contributed by atoms with E-state index in [0.29, 0.717) is 5.15 Å². The highest BCUT2D eigenvalue weighted by molar-refractivity contribution is 7.12. The fourth-order valence-electron chi connectivity index (χ4n) is 2.14. The molecule has 0 amide bonds. The molecule has 0 aliphatic rings. The van der Waals surface area contributed by atoms with Gasteiger partial charge in [-0.25, -0.2) is 0 Å². The van der Waals surface area contributed by atoms with Crippen molar-refractivity contribution in [3.8, 4) is 11.3 Å². The quantitative estimate of drug-likeness (QED) is 0.647. The van der Waals surface area contributed by atoms with E-state index in [-0.39, 0.29) is 0 Å². The molecule has 0 saturated carbocycles. The smallest absolute Gasteiger partial charge is 0.148 e. The van der Waals surface area contributed by atoms with Crippen LogP contribution >= 0.6 is 22.9 Å². The Balaban J connectivity index is 2.37. The van der Waals surface area contributed by atoms with Crippen LogP contribution in [-0.4, -0.2) is 10.2 Å². The predicted molar refractivity (Wildman–Crippen MR) is 77.3 cm³/mol. The summed E-state index contributed by atoms with van der Waals surface area (Å²) in [5.41, 5.74) is 2.06. The Labute approximate surface area is 114 Å². The summed E-state index contributed by atoms with van der Waals surface area (Å²) in [5.74, 6) is 0. The molecule has 0 N–H and O–H groups in total. The van der Waals surface area contributed by atoms with Gasteiger partial charge in [0.05, 0.1) is 0 Å². The molecule has 3 aromatic rings. The first-order chi connectivity index (χ1) is 8.66. The van der Waals surface area contributed by atoms with Crippen molar-refractivity contribution < 1.29 is 0 Å². The summed E-state index contributed by atoms with van der Waals surface area (Å²) in [6.07, 6.45) is 0. The molecule has 18 heavy (non-hydrogen) atoms. The first kappa shape index (κ1) is 11.6. The van der Waals surface area contributed by atoms with Gasteiger partial charge < -0.3 is 0 Å². The molecule has 0 atom stereocenters. The molecule has 3 rings (SSSR count). The lowest BCUT2D eigenvalue weighted by Crippen LogP contribution is -1.91. The number of aryl methyl sites for hydroxylation is 2. The minimum absolute atomic E-state index is 0.457. The van der Waals surface area contributed by atoms with Crippen molar-refractivity contribution in [2.45, 2.75) is 13.8 Å². The lowest BCUT2D eigenvalue weighted by Gasteiger charge is -2.05. The van der Waals surface area contributed by atoms with Crippen LogP contribution in [0.15, 0.2) is 30.3 Å². The second-order valence-electron chi connectivity index (χ2n) is 4.21. The van der Waals surface area contributed by atoms with E-state index in [4.69, 9.17) is 11.6 Å². The van der Waals surface area contributed by atoms with Gasteiger partial charge in [-0.1, -0.05) is 35.9 Å². The summed E-state index contributed by atoms with van der Waals surface area (Å²) < 4.78 is 0. The molecule has 4 heteroatoms. The number of thiophene rings is 1. The Hall–Kier alpha value is -1.45. The van der Waals surface area contributed by atoms with Gasteiger partial charge in [0.2, 0.25) is 0 Å². The number of nitrogens with zero attached hydrogens (tertiary/aromatic N) is 2. The lowest BCUT2D eigenvalue weighted by atomic mass is 10.1. The van der Waals surface area contributed by atoms with Gasteiger partial charge in [0.25, 0.3) is 0 Å². The molecule has 2 heterocycles. The molecule has 0 aliphatic carbocycles. The van der Waals surface area contributed by atoms with Crippen LogP contribution in [0.2, 0.25) is 5.15 Å². The van der Waals surface area contributed by atoms with Crippen LogP contribution in [0.25, 0.3) is 22.0 Å². The van der Waals surface area contributed by atoms with Crippen molar-refractivity contribution in [1.29, 1.82) is 0 Å². The molecular weight excluding hydrogens is 264 g/mol. The fraction of sp³-hybridized carbons (Fsp3) is 0.143. The second-order valence-corrected chi connectivity index (χ2v) is 6.03. The largest absolute Gasteiger partial charge is 0.159 e. The molecule has 2 nitrogen and oxygen atoms in total. The zero-order valence-corrected chi connectivity index (χ0v) is 11.6. The van der Waals surface area contributed by atoms with Crippen LogP contribution in [0.3, 0.4) is 0 Å². The Morgan fingerprint density at radius 3 is 2.44 bits per heavy atom. The maximum absolute atomic E-state index is 6.09. The van der Waals surface area contributed by atoms with E-state index in [1.807, 2.05) is 24.3 Å². The van der Waals surface area contributed by atoms with Gasteiger partial charge in [0.1, 0.15) is 5.69 Å².